The van der Waals surface area contributed by atoms with Gasteiger partial charge >= 0.3 is 5.69 Å². The molecule has 0 amide bonds. The first-order chi connectivity index (χ1) is 9.85. The Balaban J connectivity index is 2.24. The van der Waals surface area contributed by atoms with Gasteiger partial charge in [0.05, 0.1) is 19.1 Å². The second kappa shape index (κ2) is 4.39. The molecule has 7 N–H and O–H groups in total. The number of H-pyrrole nitrogens is 2. The molecule has 1 fully saturated rings. The van der Waals surface area contributed by atoms with Crippen molar-refractivity contribution < 1.29 is 20.1 Å². The van der Waals surface area contributed by atoms with Gasteiger partial charge in [-0.15, -0.1) is 0 Å². The topological polar surface area (TPSA) is 179 Å². The molecule has 3 atom stereocenters. The molecular weight excluding hydrogens is 286 g/mol. The summed E-state index contributed by atoms with van der Waals surface area (Å²) in [7, 11) is 0. The maximum Gasteiger partial charge on any atom is 0.332 e. The fourth-order valence-electron chi connectivity index (χ4n) is 2.41. The molecule has 3 heterocycles. The first-order valence-electron chi connectivity index (χ1n) is 6.06. The van der Waals surface area contributed by atoms with E-state index in [4.69, 9.17) is 15.6 Å². The Bertz CT molecular complexity index is 808. The number of hydrogen-bond acceptors (Lipinski definition) is 8. The first-order valence-corrected chi connectivity index (χ1v) is 6.06. The molecule has 2 aromatic heterocycles. The molecule has 0 spiro atoms. The zero-order valence-electron chi connectivity index (χ0n) is 10.6. The van der Waals surface area contributed by atoms with Crippen LogP contribution in [0.3, 0.4) is 0 Å². The van der Waals surface area contributed by atoms with Crippen LogP contribution in [0.4, 0.5) is 5.95 Å². The average molecular weight is 299 g/mol. The molecule has 1 saturated heterocycles. The van der Waals surface area contributed by atoms with Gasteiger partial charge in [-0.2, -0.15) is 4.98 Å². The zero-order chi connectivity index (χ0) is 15.4. The number of ether oxygens (including phenoxy) is 1. The predicted molar refractivity (Wildman–Crippen MR) is 68.2 cm³/mol. The largest absolute Gasteiger partial charge is 0.394 e. The molecule has 0 unspecified atom stereocenters. The number of nitrogen functional groups attached to an aromatic ring is 1. The Hall–Kier alpha value is -2.21. The minimum atomic E-state index is -2.24. The van der Waals surface area contributed by atoms with E-state index >= 15 is 0 Å². The van der Waals surface area contributed by atoms with Gasteiger partial charge in [-0.25, -0.2) is 9.36 Å². The highest BCUT2D eigenvalue weighted by atomic mass is 16.7. The lowest BCUT2D eigenvalue weighted by molar-refractivity contribution is -0.255. The van der Waals surface area contributed by atoms with E-state index in [-0.39, 0.29) is 23.5 Å². The minimum Gasteiger partial charge on any atom is -0.394 e. The number of fused-ring (bicyclic) bond motifs is 1. The standard InChI is InChI=1S/C10H13N5O6/c11-8-13-6-5(7(18)14-8)12-9(19)15(6)10(20)1-3(17)4(2-16)21-10/h3-4,16-17,20H,1-2H2,(H,12,19)(H3,11,13,14,18)/t3-,4+,10+/m0/s1. The van der Waals surface area contributed by atoms with Crippen LogP contribution in [-0.4, -0.2) is 53.7 Å². The molecule has 11 nitrogen and oxygen atoms in total. The number of anilines is 1. The van der Waals surface area contributed by atoms with Crippen LogP contribution in [0.1, 0.15) is 6.42 Å². The van der Waals surface area contributed by atoms with Crippen LogP contribution in [0.5, 0.6) is 0 Å². The van der Waals surface area contributed by atoms with Crippen LogP contribution >= 0.6 is 0 Å². The van der Waals surface area contributed by atoms with Crippen molar-refractivity contribution in [3.05, 3.63) is 20.8 Å². The van der Waals surface area contributed by atoms with Crippen LogP contribution in [0.25, 0.3) is 11.2 Å². The van der Waals surface area contributed by atoms with Crippen molar-refractivity contribution in [1.82, 2.24) is 19.5 Å². The molecule has 2 aromatic rings. The molecular formula is C10H13N5O6. The molecule has 3 rings (SSSR count). The fourth-order valence-corrected chi connectivity index (χ4v) is 2.41. The van der Waals surface area contributed by atoms with E-state index in [1.54, 1.807) is 0 Å². The van der Waals surface area contributed by atoms with Gasteiger partial charge in [-0.3, -0.25) is 14.8 Å². The lowest BCUT2D eigenvalue weighted by Crippen LogP contribution is -2.40. The van der Waals surface area contributed by atoms with Gasteiger partial charge in [-0.05, 0) is 0 Å². The minimum absolute atomic E-state index is 0.187. The highest BCUT2D eigenvalue weighted by molar-refractivity contribution is 5.70. The van der Waals surface area contributed by atoms with Gasteiger partial charge in [0.15, 0.2) is 11.2 Å². The lowest BCUT2D eigenvalue weighted by Gasteiger charge is -2.23. The first kappa shape index (κ1) is 13.8. The summed E-state index contributed by atoms with van der Waals surface area (Å²) in [6, 6.07) is 0. The maximum atomic E-state index is 12.0. The molecule has 0 radical (unpaired) electrons. The summed E-state index contributed by atoms with van der Waals surface area (Å²) < 4.78 is 5.82. The molecule has 0 bridgehead atoms. The number of nitrogens with one attached hydrogen (secondary N) is 2. The third-order valence-electron chi connectivity index (χ3n) is 3.34. The van der Waals surface area contributed by atoms with E-state index in [0.717, 1.165) is 0 Å². The van der Waals surface area contributed by atoms with Gasteiger partial charge in [0.25, 0.3) is 11.5 Å². The highest BCUT2D eigenvalue weighted by Crippen LogP contribution is 2.33. The normalized spacial score (nSPS) is 29.3. The molecule has 0 saturated carbocycles. The van der Waals surface area contributed by atoms with Crippen LogP contribution in [-0.2, 0) is 10.6 Å². The molecule has 11 heteroatoms. The van der Waals surface area contributed by atoms with Crippen molar-refractivity contribution in [2.24, 2.45) is 0 Å². The van der Waals surface area contributed by atoms with Crippen molar-refractivity contribution in [2.45, 2.75) is 24.5 Å². The second-order valence-electron chi connectivity index (χ2n) is 4.77. The Morgan fingerprint density at radius 3 is 2.81 bits per heavy atom. The van der Waals surface area contributed by atoms with Crippen LogP contribution in [0, 0.1) is 0 Å². The smallest absolute Gasteiger partial charge is 0.332 e. The SMILES string of the molecule is Nc1nc2c([nH]c(=O)n2[C@@]2(O)C[C@H](O)[C@@H](CO)O2)c(=O)[nH]1. The third kappa shape index (κ3) is 1.94. The quantitative estimate of drug-likeness (QED) is 0.334. The molecule has 1 aliphatic rings. The Morgan fingerprint density at radius 1 is 1.48 bits per heavy atom. The van der Waals surface area contributed by atoms with E-state index in [1.807, 2.05) is 0 Å². The number of imidazole rings is 1. The monoisotopic (exact) mass is 299 g/mol. The number of nitrogens with zero attached hydrogens (tertiary/aromatic N) is 2. The van der Waals surface area contributed by atoms with Gasteiger partial charge in [-0.1, -0.05) is 0 Å². The maximum absolute atomic E-state index is 12.0. The molecule has 21 heavy (non-hydrogen) atoms. The van der Waals surface area contributed by atoms with Gasteiger partial charge in [0.1, 0.15) is 6.10 Å². The summed E-state index contributed by atoms with van der Waals surface area (Å²) in [6.07, 6.45) is -2.62. The van der Waals surface area contributed by atoms with E-state index in [9.17, 15) is 19.8 Å². The highest BCUT2D eigenvalue weighted by Gasteiger charge is 2.48. The van der Waals surface area contributed by atoms with Crippen LogP contribution in [0.2, 0.25) is 0 Å². The van der Waals surface area contributed by atoms with E-state index in [0.29, 0.717) is 4.57 Å². The summed E-state index contributed by atoms with van der Waals surface area (Å²) in [5, 5.41) is 29.2. The fraction of sp³-hybridized carbons (Fsp3) is 0.500. The third-order valence-corrected chi connectivity index (χ3v) is 3.34. The summed E-state index contributed by atoms with van der Waals surface area (Å²) in [4.78, 5) is 31.9. The van der Waals surface area contributed by atoms with E-state index in [2.05, 4.69) is 15.0 Å². The summed E-state index contributed by atoms with van der Waals surface area (Å²) >= 11 is 0. The van der Waals surface area contributed by atoms with Crippen molar-refractivity contribution in [2.75, 3.05) is 12.3 Å². The number of aromatic amines is 2. The zero-order valence-corrected chi connectivity index (χ0v) is 10.6. The van der Waals surface area contributed by atoms with Gasteiger partial charge in [0.2, 0.25) is 5.95 Å². The van der Waals surface area contributed by atoms with Crippen molar-refractivity contribution in [3.8, 4) is 0 Å². The Morgan fingerprint density at radius 2 is 2.19 bits per heavy atom. The van der Waals surface area contributed by atoms with Gasteiger partial charge in [0, 0.05) is 0 Å². The van der Waals surface area contributed by atoms with E-state index < -0.39 is 36.0 Å². The van der Waals surface area contributed by atoms with Crippen molar-refractivity contribution in [3.63, 3.8) is 0 Å². The molecule has 0 aliphatic carbocycles. The number of aliphatic hydroxyl groups is 3. The molecule has 0 aromatic carbocycles. The predicted octanol–water partition coefficient (Wildman–Crippen LogP) is -3.26. The second-order valence-corrected chi connectivity index (χ2v) is 4.77. The summed E-state index contributed by atoms with van der Waals surface area (Å²) in [6.45, 7) is -0.545. The summed E-state index contributed by atoms with van der Waals surface area (Å²) in [5.74, 6) is -2.49. The average Bonchev–Trinajstić information content (AvgIpc) is 2.87. The number of rotatable bonds is 2. The number of nitrogens with two attached hydrogens (primary N) is 1. The van der Waals surface area contributed by atoms with E-state index in [1.165, 1.54) is 0 Å². The van der Waals surface area contributed by atoms with Crippen molar-refractivity contribution >= 4 is 17.1 Å². The lowest BCUT2D eigenvalue weighted by atomic mass is 10.2. The van der Waals surface area contributed by atoms with Crippen LogP contribution < -0.4 is 17.0 Å². The van der Waals surface area contributed by atoms with Gasteiger partial charge < -0.3 is 25.8 Å². The molecule has 1 aliphatic heterocycles. The number of hydrogen-bond donors (Lipinski definition) is 6. The Kier molecular flexibility index (Phi) is 2.88. The Labute approximate surface area is 115 Å². The summed E-state index contributed by atoms with van der Waals surface area (Å²) in [5.41, 5.74) is 3.47. The number of aliphatic hydroxyl groups excluding tert-OH is 2. The van der Waals surface area contributed by atoms with Crippen LogP contribution in [0.15, 0.2) is 9.59 Å². The number of aromatic nitrogens is 4. The van der Waals surface area contributed by atoms with Crippen molar-refractivity contribution in [1.29, 1.82) is 0 Å². The molecule has 114 valence electrons.